The number of nitrogens with one attached hydrogen (secondary N) is 4. The second kappa shape index (κ2) is 10.9. The first kappa shape index (κ1) is 25.1. The summed E-state index contributed by atoms with van der Waals surface area (Å²) < 4.78 is 19.7. The first-order valence-corrected chi connectivity index (χ1v) is 10.2. The van der Waals surface area contributed by atoms with E-state index in [-0.39, 0.29) is 12.1 Å². The van der Waals surface area contributed by atoms with Crippen molar-refractivity contribution in [2.75, 3.05) is 10.7 Å². The van der Waals surface area contributed by atoms with Crippen molar-refractivity contribution in [2.45, 2.75) is 45.8 Å². The Balaban J connectivity index is 2.13. The normalized spacial score (nSPS) is 11.5. The van der Waals surface area contributed by atoms with Crippen LogP contribution in [0.15, 0.2) is 42.5 Å². The van der Waals surface area contributed by atoms with Crippen molar-refractivity contribution in [3.63, 3.8) is 0 Å². The highest BCUT2D eigenvalue weighted by Gasteiger charge is 2.25. The van der Waals surface area contributed by atoms with Crippen molar-refractivity contribution >= 4 is 29.3 Å². The molecular weight excluding hydrogens is 429 g/mol. The maximum absolute atomic E-state index is 14.5. The number of ether oxygens (including phenoxy) is 1. The fraction of sp³-hybridized carbons (Fsp3) is 0.304. The van der Waals surface area contributed by atoms with E-state index in [0.717, 1.165) is 6.07 Å². The molecule has 0 aliphatic carbocycles. The molecule has 9 nitrogen and oxygen atoms in total. The predicted octanol–water partition coefficient (Wildman–Crippen LogP) is 3.70. The highest BCUT2D eigenvalue weighted by Crippen LogP contribution is 2.20. The van der Waals surface area contributed by atoms with Crippen LogP contribution in [0.25, 0.3) is 0 Å². The van der Waals surface area contributed by atoms with Crippen LogP contribution in [0.5, 0.6) is 0 Å². The molecule has 2 aromatic rings. The van der Waals surface area contributed by atoms with Crippen molar-refractivity contribution < 1.29 is 23.5 Å². The SMILES string of the molecule is CCC(NC(=O)OC(C)(C)C)C(=O)Nc1cccc(F)c1C(=O)NNc1cccc(C#N)c1. The number of amides is 3. The van der Waals surface area contributed by atoms with Crippen molar-refractivity contribution in [3.05, 3.63) is 59.4 Å². The van der Waals surface area contributed by atoms with Gasteiger partial charge in [-0.2, -0.15) is 5.26 Å². The van der Waals surface area contributed by atoms with Crippen LogP contribution in [-0.2, 0) is 9.53 Å². The minimum atomic E-state index is -0.967. The molecule has 0 saturated carbocycles. The number of carbonyl (C=O) groups is 3. The zero-order chi connectivity index (χ0) is 24.6. The molecule has 0 aromatic heterocycles. The molecule has 2 rings (SSSR count). The number of rotatable bonds is 7. The number of hydrogen-bond acceptors (Lipinski definition) is 6. The number of benzene rings is 2. The molecule has 0 aliphatic heterocycles. The molecule has 0 bridgehead atoms. The lowest BCUT2D eigenvalue weighted by molar-refractivity contribution is -0.118. The molecule has 0 fully saturated rings. The first-order valence-electron chi connectivity index (χ1n) is 10.2. The molecule has 0 saturated heterocycles. The van der Waals surface area contributed by atoms with Gasteiger partial charge in [-0.1, -0.05) is 19.1 Å². The van der Waals surface area contributed by atoms with E-state index in [0.29, 0.717) is 11.3 Å². The fourth-order valence-electron chi connectivity index (χ4n) is 2.74. The van der Waals surface area contributed by atoms with Crippen LogP contribution in [0, 0.1) is 17.1 Å². The van der Waals surface area contributed by atoms with E-state index in [1.54, 1.807) is 45.9 Å². The zero-order valence-electron chi connectivity index (χ0n) is 18.8. The van der Waals surface area contributed by atoms with Crippen molar-refractivity contribution in [1.29, 1.82) is 5.26 Å². The van der Waals surface area contributed by atoms with Gasteiger partial charge in [0.05, 0.1) is 23.0 Å². The van der Waals surface area contributed by atoms with Crippen molar-refractivity contribution in [3.8, 4) is 6.07 Å². The summed E-state index contributed by atoms with van der Waals surface area (Å²) in [7, 11) is 0. The van der Waals surface area contributed by atoms with Crippen LogP contribution in [0.3, 0.4) is 0 Å². The summed E-state index contributed by atoms with van der Waals surface area (Å²) in [5.74, 6) is -2.34. The average molecular weight is 455 g/mol. The van der Waals surface area contributed by atoms with Crippen LogP contribution < -0.4 is 21.5 Å². The smallest absolute Gasteiger partial charge is 0.408 e. The molecule has 0 aliphatic rings. The molecule has 4 N–H and O–H groups in total. The van der Waals surface area contributed by atoms with E-state index < -0.39 is 40.9 Å². The lowest BCUT2D eigenvalue weighted by Crippen LogP contribution is -2.45. The number of anilines is 2. The van der Waals surface area contributed by atoms with Gasteiger partial charge in [0.15, 0.2) is 0 Å². The van der Waals surface area contributed by atoms with Gasteiger partial charge in [-0.05, 0) is 57.5 Å². The molecule has 0 spiro atoms. The van der Waals surface area contributed by atoms with Crippen molar-refractivity contribution in [2.24, 2.45) is 0 Å². The minimum absolute atomic E-state index is 0.0745. The van der Waals surface area contributed by atoms with Crippen LogP contribution in [0.4, 0.5) is 20.6 Å². The molecule has 0 radical (unpaired) electrons. The summed E-state index contributed by atoms with van der Waals surface area (Å²) >= 11 is 0. The second-order valence-corrected chi connectivity index (χ2v) is 8.03. The maximum atomic E-state index is 14.5. The topological polar surface area (TPSA) is 132 Å². The Morgan fingerprint density at radius 3 is 2.48 bits per heavy atom. The van der Waals surface area contributed by atoms with Crippen LogP contribution in [0.1, 0.15) is 50.0 Å². The molecule has 10 heteroatoms. The molecular formula is C23H26FN5O4. The van der Waals surface area contributed by atoms with E-state index in [2.05, 4.69) is 21.5 Å². The minimum Gasteiger partial charge on any atom is -0.444 e. The third-order valence-corrected chi connectivity index (χ3v) is 4.23. The Bertz CT molecular complexity index is 1080. The van der Waals surface area contributed by atoms with E-state index in [1.165, 1.54) is 18.2 Å². The van der Waals surface area contributed by atoms with Gasteiger partial charge in [0.2, 0.25) is 5.91 Å². The molecule has 33 heavy (non-hydrogen) atoms. The number of nitrogens with zero attached hydrogens (tertiary/aromatic N) is 1. The number of alkyl carbamates (subject to hydrolysis) is 1. The van der Waals surface area contributed by atoms with E-state index >= 15 is 0 Å². The van der Waals surface area contributed by atoms with Gasteiger partial charge in [-0.25, -0.2) is 9.18 Å². The third kappa shape index (κ3) is 7.50. The Hall–Kier alpha value is -4.13. The second-order valence-electron chi connectivity index (χ2n) is 8.03. The largest absolute Gasteiger partial charge is 0.444 e. The third-order valence-electron chi connectivity index (χ3n) is 4.23. The average Bonchev–Trinajstić information content (AvgIpc) is 2.74. The summed E-state index contributed by atoms with van der Waals surface area (Å²) in [5, 5.41) is 13.9. The van der Waals surface area contributed by atoms with E-state index in [1.807, 2.05) is 6.07 Å². The zero-order valence-corrected chi connectivity index (χ0v) is 18.8. The van der Waals surface area contributed by atoms with Gasteiger partial charge in [0.25, 0.3) is 5.91 Å². The summed E-state index contributed by atoms with van der Waals surface area (Å²) in [5.41, 5.74) is 4.51. The van der Waals surface area contributed by atoms with E-state index in [9.17, 15) is 18.8 Å². The highest BCUT2D eigenvalue weighted by atomic mass is 19.1. The maximum Gasteiger partial charge on any atom is 0.408 e. The number of hydrogen-bond donors (Lipinski definition) is 4. The Kier molecular flexibility index (Phi) is 8.34. The standard InChI is InChI=1S/C23H26FN5O4/c1-5-17(27-22(32)33-23(2,3)4)20(30)26-18-11-7-10-16(24)19(18)21(31)29-28-15-9-6-8-14(12-15)13-25/h6-12,17,28H,5H2,1-4H3,(H,26,30)(H,27,32)(H,29,31). The fourth-order valence-corrected chi connectivity index (χ4v) is 2.74. The Morgan fingerprint density at radius 1 is 1.15 bits per heavy atom. The predicted molar refractivity (Wildman–Crippen MR) is 121 cm³/mol. The summed E-state index contributed by atoms with van der Waals surface area (Å²) in [6.07, 6.45) is -0.538. The van der Waals surface area contributed by atoms with Crippen LogP contribution in [-0.4, -0.2) is 29.6 Å². The van der Waals surface area contributed by atoms with Gasteiger partial charge in [0, 0.05) is 0 Å². The van der Waals surface area contributed by atoms with Gasteiger partial charge < -0.3 is 15.4 Å². The summed E-state index contributed by atoms with van der Waals surface area (Å²) in [6.45, 7) is 6.75. The molecule has 1 atom stereocenters. The molecule has 3 amide bonds. The molecule has 174 valence electrons. The quantitative estimate of drug-likeness (QED) is 0.471. The van der Waals surface area contributed by atoms with Crippen molar-refractivity contribution in [1.82, 2.24) is 10.7 Å². The lowest BCUT2D eigenvalue weighted by Gasteiger charge is -2.23. The van der Waals surface area contributed by atoms with Gasteiger partial charge in [-0.15, -0.1) is 0 Å². The van der Waals surface area contributed by atoms with Gasteiger partial charge >= 0.3 is 6.09 Å². The lowest BCUT2D eigenvalue weighted by atomic mass is 10.1. The first-order chi connectivity index (χ1) is 15.5. The van der Waals surface area contributed by atoms with Crippen LogP contribution in [0.2, 0.25) is 0 Å². The van der Waals surface area contributed by atoms with Crippen LogP contribution >= 0.6 is 0 Å². The Labute approximate surface area is 191 Å². The monoisotopic (exact) mass is 455 g/mol. The molecule has 2 aromatic carbocycles. The molecule has 1 unspecified atom stereocenters. The number of halogens is 1. The van der Waals surface area contributed by atoms with Gasteiger partial charge in [0.1, 0.15) is 23.0 Å². The van der Waals surface area contributed by atoms with Gasteiger partial charge in [-0.3, -0.25) is 20.4 Å². The number of hydrazine groups is 1. The molecule has 0 heterocycles. The number of carbonyl (C=O) groups excluding carboxylic acids is 3. The summed E-state index contributed by atoms with van der Waals surface area (Å²) in [6, 6.07) is 11.1. The Morgan fingerprint density at radius 2 is 1.85 bits per heavy atom. The highest BCUT2D eigenvalue weighted by molar-refractivity contribution is 6.05. The van der Waals surface area contributed by atoms with E-state index in [4.69, 9.17) is 10.00 Å². The summed E-state index contributed by atoms with van der Waals surface area (Å²) in [4.78, 5) is 37.4. The number of nitriles is 1.